The Morgan fingerprint density at radius 2 is 2.03 bits per heavy atom. The van der Waals surface area contributed by atoms with Gasteiger partial charge in [0.2, 0.25) is 0 Å². The van der Waals surface area contributed by atoms with Gasteiger partial charge in [-0.15, -0.1) is 7.05 Å². The van der Waals surface area contributed by atoms with Crippen LogP contribution in [0.25, 0.3) is 16.9 Å². The van der Waals surface area contributed by atoms with Gasteiger partial charge in [0, 0.05) is 40.1 Å². The van der Waals surface area contributed by atoms with Crippen molar-refractivity contribution in [2.75, 3.05) is 6.54 Å². The quantitative estimate of drug-likeness (QED) is 0.466. The van der Waals surface area contributed by atoms with Crippen molar-refractivity contribution in [1.82, 2.24) is 19.4 Å². The molecule has 1 aliphatic heterocycles. The Hall–Kier alpha value is -2.93. The van der Waals surface area contributed by atoms with Crippen LogP contribution in [-0.4, -0.2) is 20.7 Å². The minimum atomic E-state index is -0.236. The van der Waals surface area contributed by atoms with Crippen LogP contribution >= 0.6 is 23.2 Å². The van der Waals surface area contributed by atoms with Gasteiger partial charge in [-0.2, -0.15) is 0 Å². The first-order valence-corrected chi connectivity index (χ1v) is 10.6. The van der Waals surface area contributed by atoms with Gasteiger partial charge in [-0.05, 0) is 42.6 Å². The fraction of sp³-hybridized carbons (Fsp3) is 0.174. The third kappa shape index (κ3) is 3.67. The van der Waals surface area contributed by atoms with Crippen molar-refractivity contribution in [3.63, 3.8) is 0 Å². The first-order valence-electron chi connectivity index (χ1n) is 9.86. The second-order valence-electron chi connectivity index (χ2n) is 7.42. The Morgan fingerprint density at radius 1 is 1.16 bits per heavy atom. The summed E-state index contributed by atoms with van der Waals surface area (Å²) in [6.07, 6.45) is 2.57. The van der Waals surface area contributed by atoms with Crippen LogP contribution in [-0.2, 0) is 19.6 Å². The number of halogens is 2. The van der Waals surface area contributed by atoms with Crippen molar-refractivity contribution in [1.29, 1.82) is 0 Å². The average molecular weight is 454 g/mol. The van der Waals surface area contributed by atoms with Gasteiger partial charge in [-0.3, -0.25) is 14.3 Å². The van der Waals surface area contributed by atoms with E-state index in [1.54, 1.807) is 30.5 Å². The van der Waals surface area contributed by atoms with Crippen molar-refractivity contribution in [2.24, 2.45) is 0 Å². The third-order valence-corrected chi connectivity index (χ3v) is 6.09. The summed E-state index contributed by atoms with van der Waals surface area (Å²) >= 11 is 12.1. The molecular weight excluding hydrogens is 435 g/mol. The second-order valence-corrected chi connectivity index (χ2v) is 8.26. The van der Waals surface area contributed by atoms with Gasteiger partial charge in [0.05, 0.1) is 0 Å². The van der Waals surface area contributed by atoms with Gasteiger partial charge in [0.15, 0.2) is 0 Å². The van der Waals surface area contributed by atoms with Gasteiger partial charge >= 0.3 is 0 Å². The molecule has 0 aliphatic carbocycles. The molecule has 158 valence electrons. The number of nitrogens with zero attached hydrogens (tertiary/aromatic N) is 3. The highest BCUT2D eigenvalue weighted by Gasteiger charge is 2.13. The van der Waals surface area contributed by atoms with E-state index < -0.39 is 0 Å². The number of rotatable bonds is 4. The fourth-order valence-corrected chi connectivity index (χ4v) is 4.37. The minimum absolute atomic E-state index is 0.234. The summed E-state index contributed by atoms with van der Waals surface area (Å²) in [7, 11) is 4.16. The van der Waals surface area contributed by atoms with E-state index in [2.05, 4.69) is 12.4 Å². The molecule has 0 spiro atoms. The monoisotopic (exact) mass is 453 g/mol. The highest BCUT2D eigenvalue weighted by Crippen LogP contribution is 2.28. The first-order chi connectivity index (χ1) is 15.0. The lowest BCUT2D eigenvalue weighted by Gasteiger charge is -2.20. The van der Waals surface area contributed by atoms with Crippen LogP contribution in [0.5, 0.6) is 5.75 Å². The van der Waals surface area contributed by atoms with E-state index in [-0.39, 0.29) is 12.2 Å². The Morgan fingerprint density at radius 3 is 2.84 bits per heavy atom. The van der Waals surface area contributed by atoms with Crippen molar-refractivity contribution < 1.29 is 4.74 Å². The molecule has 1 aliphatic rings. The number of fused-ring (bicyclic) bond motifs is 3. The van der Waals surface area contributed by atoms with Crippen LogP contribution in [0.2, 0.25) is 10.0 Å². The van der Waals surface area contributed by atoms with Crippen molar-refractivity contribution in [2.45, 2.75) is 19.6 Å². The van der Waals surface area contributed by atoms with Crippen molar-refractivity contribution in [3.05, 3.63) is 92.9 Å². The lowest BCUT2D eigenvalue weighted by atomic mass is 10.1. The van der Waals surface area contributed by atoms with Crippen LogP contribution in [0.3, 0.4) is 0 Å². The Kier molecular flexibility index (Phi) is 5.14. The molecule has 0 saturated heterocycles. The van der Waals surface area contributed by atoms with Crippen LogP contribution in [0.4, 0.5) is 0 Å². The SMILES string of the molecule is [CH2-]n1c2c(c3ccc(-n4ccc(OCc5ccc(Cl)cc5Cl)cc4=O)nc31)CNCC2. The Labute approximate surface area is 189 Å². The van der Waals surface area contributed by atoms with E-state index in [9.17, 15) is 4.79 Å². The fourth-order valence-electron chi connectivity index (χ4n) is 3.90. The van der Waals surface area contributed by atoms with Crippen LogP contribution in [0.15, 0.2) is 53.5 Å². The standard InChI is InChI=1S/C23H19Cl2N4O2/c1-28-20-6-8-26-12-18(20)17-4-5-21(27-23(17)28)29-9-7-16(11-22(29)30)31-13-14-2-3-15(24)10-19(14)25/h2-5,7,9-11,26H,1,6,8,12-13H2/q-1. The number of benzene rings is 1. The van der Waals surface area contributed by atoms with Gasteiger partial charge in [-0.1, -0.05) is 46.6 Å². The minimum Gasteiger partial charge on any atom is -0.489 e. The predicted octanol–water partition coefficient (Wildman–Crippen LogP) is 4.36. The first kappa shape index (κ1) is 20.0. The maximum atomic E-state index is 12.7. The number of aromatic nitrogens is 3. The molecule has 5 rings (SSSR count). The lowest BCUT2D eigenvalue weighted by Crippen LogP contribution is -2.23. The van der Waals surface area contributed by atoms with Crippen LogP contribution in [0.1, 0.15) is 16.8 Å². The summed E-state index contributed by atoms with van der Waals surface area (Å²) in [5, 5.41) is 5.53. The lowest BCUT2D eigenvalue weighted by molar-refractivity contribution is 0.305. The highest BCUT2D eigenvalue weighted by atomic mass is 35.5. The zero-order valence-corrected chi connectivity index (χ0v) is 18.1. The molecule has 3 aromatic heterocycles. The maximum Gasteiger partial charge on any atom is 0.259 e. The maximum absolute atomic E-state index is 12.7. The van der Waals surface area contributed by atoms with Crippen LogP contribution in [0, 0.1) is 7.05 Å². The summed E-state index contributed by atoms with van der Waals surface area (Å²) in [5.74, 6) is 0.993. The number of hydrogen-bond donors (Lipinski definition) is 1. The van der Waals surface area contributed by atoms with Crippen LogP contribution < -0.4 is 15.6 Å². The molecule has 0 saturated carbocycles. The van der Waals surface area contributed by atoms with Gasteiger partial charge in [0.25, 0.3) is 5.56 Å². The average Bonchev–Trinajstić information content (AvgIpc) is 3.05. The molecule has 4 aromatic rings. The Bertz CT molecular complexity index is 1360. The topological polar surface area (TPSA) is 61.1 Å². The zero-order valence-electron chi connectivity index (χ0n) is 16.6. The second kappa shape index (κ2) is 7.96. The summed E-state index contributed by atoms with van der Waals surface area (Å²) in [4.78, 5) is 17.5. The number of pyridine rings is 2. The molecule has 0 bridgehead atoms. The summed E-state index contributed by atoms with van der Waals surface area (Å²) < 4.78 is 9.12. The molecule has 0 atom stereocenters. The molecule has 1 aromatic carbocycles. The van der Waals surface area contributed by atoms with E-state index in [1.165, 1.54) is 21.9 Å². The molecule has 0 unspecified atom stereocenters. The smallest absolute Gasteiger partial charge is 0.259 e. The molecule has 4 heterocycles. The summed E-state index contributed by atoms with van der Waals surface area (Å²) in [5.41, 5.74) is 3.75. The number of hydrogen-bond acceptors (Lipinski definition) is 4. The summed E-state index contributed by atoms with van der Waals surface area (Å²) in [6, 6.07) is 12.2. The molecule has 31 heavy (non-hydrogen) atoms. The van der Waals surface area contributed by atoms with Gasteiger partial charge < -0.3 is 14.6 Å². The highest BCUT2D eigenvalue weighted by molar-refractivity contribution is 6.35. The van der Waals surface area contributed by atoms with Gasteiger partial charge in [-0.25, -0.2) is 0 Å². The van der Waals surface area contributed by atoms with E-state index >= 15 is 0 Å². The van der Waals surface area contributed by atoms with E-state index in [0.29, 0.717) is 21.6 Å². The molecule has 8 heteroatoms. The van der Waals surface area contributed by atoms with E-state index in [1.807, 2.05) is 16.7 Å². The summed E-state index contributed by atoms with van der Waals surface area (Å²) in [6.45, 7) is 1.96. The Balaban J connectivity index is 1.42. The van der Waals surface area contributed by atoms with E-state index in [0.717, 1.165) is 36.1 Å². The van der Waals surface area contributed by atoms with E-state index in [4.69, 9.17) is 32.9 Å². The third-order valence-electron chi connectivity index (χ3n) is 5.50. The number of nitrogens with one attached hydrogen (secondary N) is 1. The largest absolute Gasteiger partial charge is 0.489 e. The zero-order chi connectivity index (χ0) is 21.5. The normalized spacial score (nSPS) is 13.4. The number of ether oxygens (including phenoxy) is 1. The molecule has 0 fully saturated rings. The van der Waals surface area contributed by atoms with Gasteiger partial charge in [0.1, 0.15) is 18.2 Å². The molecule has 6 nitrogen and oxygen atoms in total. The van der Waals surface area contributed by atoms with Crippen molar-refractivity contribution in [3.8, 4) is 11.6 Å². The predicted molar refractivity (Wildman–Crippen MR) is 122 cm³/mol. The molecule has 0 radical (unpaired) electrons. The molecule has 1 N–H and O–H groups in total. The van der Waals surface area contributed by atoms with Crippen molar-refractivity contribution >= 4 is 34.2 Å². The molecular formula is C23H19Cl2N4O2-. The molecule has 0 amide bonds.